The fourth-order valence-corrected chi connectivity index (χ4v) is 1.48. The molecule has 17 heavy (non-hydrogen) atoms. The average Bonchev–Trinajstić information content (AvgIpc) is 2.34. The molecule has 0 aliphatic rings. The fraction of sp³-hybridized carbons (Fsp3) is 0.364. The summed E-state index contributed by atoms with van der Waals surface area (Å²) in [6.45, 7) is 3.55. The topological polar surface area (TPSA) is 77.1 Å². The van der Waals surface area contributed by atoms with Gasteiger partial charge in [0.25, 0.3) is 0 Å². The number of benzene rings is 1. The normalized spacial score (nSPS) is 11.5. The molecule has 0 atom stereocenters. The molecule has 0 heterocycles. The third-order valence-corrected chi connectivity index (χ3v) is 2.34. The van der Waals surface area contributed by atoms with Gasteiger partial charge in [-0.3, -0.25) is 0 Å². The monoisotopic (exact) mass is 258 g/mol. The fourth-order valence-electron chi connectivity index (χ4n) is 1.21. The van der Waals surface area contributed by atoms with Crippen molar-refractivity contribution in [2.45, 2.75) is 6.92 Å². The van der Waals surface area contributed by atoms with Crippen molar-refractivity contribution in [3.8, 4) is 5.75 Å². The number of nitrogens with zero attached hydrogens (tertiary/aromatic N) is 1. The van der Waals surface area contributed by atoms with Crippen LogP contribution in [0.1, 0.15) is 12.5 Å². The van der Waals surface area contributed by atoms with Crippen LogP contribution in [0.15, 0.2) is 23.4 Å². The zero-order chi connectivity index (χ0) is 12.7. The van der Waals surface area contributed by atoms with Crippen LogP contribution in [0.4, 0.5) is 0 Å². The molecule has 3 N–H and O–H groups in total. The predicted octanol–water partition coefficient (Wildman–Crippen LogP) is 1.85. The van der Waals surface area contributed by atoms with Gasteiger partial charge in [0.1, 0.15) is 12.4 Å². The summed E-state index contributed by atoms with van der Waals surface area (Å²) in [5.41, 5.74) is 5.90. The molecule has 0 saturated carbocycles. The highest BCUT2D eigenvalue weighted by molar-refractivity contribution is 6.34. The lowest BCUT2D eigenvalue weighted by Crippen LogP contribution is -2.13. The van der Waals surface area contributed by atoms with E-state index in [2.05, 4.69) is 5.16 Å². The summed E-state index contributed by atoms with van der Waals surface area (Å²) in [6.07, 6.45) is 0. The summed E-state index contributed by atoms with van der Waals surface area (Å²) in [5, 5.41) is 11.8. The molecule has 0 fully saturated rings. The van der Waals surface area contributed by atoms with Crippen molar-refractivity contribution in [1.82, 2.24) is 0 Å². The number of oxime groups is 1. The van der Waals surface area contributed by atoms with E-state index in [0.717, 1.165) is 0 Å². The number of nitrogens with two attached hydrogens (primary N) is 1. The first-order valence-corrected chi connectivity index (χ1v) is 5.54. The van der Waals surface area contributed by atoms with Gasteiger partial charge in [0.2, 0.25) is 0 Å². The van der Waals surface area contributed by atoms with Gasteiger partial charge in [-0.15, -0.1) is 0 Å². The molecular weight excluding hydrogens is 244 g/mol. The quantitative estimate of drug-likeness (QED) is 0.268. The molecule has 1 rings (SSSR count). The van der Waals surface area contributed by atoms with E-state index in [1.54, 1.807) is 18.2 Å². The molecule has 0 radical (unpaired) electrons. The molecule has 5 nitrogen and oxygen atoms in total. The first-order valence-electron chi connectivity index (χ1n) is 5.17. The van der Waals surface area contributed by atoms with Gasteiger partial charge in [0.05, 0.1) is 11.6 Å². The largest absolute Gasteiger partial charge is 0.491 e. The maximum absolute atomic E-state index is 8.54. The predicted molar refractivity (Wildman–Crippen MR) is 66.0 cm³/mol. The van der Waals surface area contributed by atoms with Crippen LogP contribution in [0.2, 0.25) is 5.02 Å². The minimum atomic E-state index is -0.0316. The van der Waals surface area contributed by atoms with Gasteiger partial charge < -0.3 is 20.4 Å². The third kappa shape index (κ3) is 4.13. The smallest absolute Gasteiger partial charge is 0.171 e. The van der Waals surface area contributed by atoms with E-state index < -0.39 is 0 Å². The Labute approximate surface area is 105 Å². The maximum atomic E-state index is 8.54. The average molecular weight is 259 g/mol. The van der Waals surface area contributed by atoms with E-state index in [4.69, 9.17) is 32.0 Å². The van der Waals surface area contributed by atoms with Crippen molar-refractivity contribution >= 4 is 17.4 Å². The molecule has 0 aliphatic heterocycles. The molecule has 1 aromatic carbocycles. The van der Waals surface area contributed by atoms with Gasteiger partial charge in [-0.25, -0.2) is 0 Å². The van der Waals surface area contributed by atoms with Crippen LogP contribution in [0, 0.1) is 0 Å². The Morgan fingerprint density at radius 2 is 2.24 bits per heavy atom. The number of rotatable bonds is 6. The Morgan fingerprint density at radius 3 is 2.82 bits per heavy atom. The van der Waals surface area contributed by atoms with Crippen LogP contribution >= 0.6 is 11.6 Å². The lowest BCUT2D eigenvalue weighted by Gasteiger charge is -2.08. The highest BCUT2D eigenvalue weighted by Gasteiger charge is 2.06. The van der Waals surface area contributed by atoms with Crippen LogP contribution in [0.5, 0.6) is 5.75 Å². The molecule has 0 aromatic heterocycles. The minimum Gasteiger partial charge on any atom is -0.491 e. The van der Waals surface area contributed by atoms with Gasteiger partial charge in [-0.05, 0) is 25.1 Å². The molecule has 94 valence electrons. The van der Waals surface area contributed by atoms with Crippen molar-refractivity contribution in [2.75, 3.05) is 19.8 Å². The molecule has 0 aliphatic carbocycles. The molecule has 0 amide bonds. The van der Waals surface area contributed by atoms with E-state index in [9.17, 15) is 0 Å². The summed E-state index contributed by atoms with van der Waals surface area (Å²) in [4.78, 5) is 0. The van der Waals surface area contributed by atoms with Crippen molar-refractivity contribution in [3.05, 3.63) is 28.8 Å². The Balaban J connectivity index is 2.63. The highest BCUT2D eigenvalue weighted by atomic mass is 35.5. The molecule has 0 unspecified atom stereocenters. The number of halogens is 1. The summed E-state index contributed by atoms with van der Waals surface area (Å²) < 4.78 is 10.5. The molecule has 1 aromatic rings. The van der Waals surface area contributed by atoms with Gasteiger partial charge in [-0.2, -0.15) is 0 Å². The first kappa shape index (κ1) is 13.6. The standard InChI is InChI=1S/C11H15ClN2O3/c1-2-16-5-6-17-8-3-4-9(10(12)7-8)11(13)14-15/h3-4,7,15H,2,5-6H2,1H3,(H2,13,14). The number of ether oxygens (including phenoxy) is 2. The highest BCUT2D eigenvalue weighted by Crippen LogP contribution is 2.22. The Bertz CT molecular complexity index is 396. The summed E-state index contributed by atoms with van der Waals surface area (Å²) in [7, 11) is 0. The Hall–Kier alpha value is -1.46. The second-order valence-corrected chi connectivity index (χ2v) is 3.58. The molecule has 0 spiro atoms. The van der Waals surface area contributed by atoms with Crippen molar-refractivity contribution in [3.63, 3.8) is 0 Å². The van der Waals surface area contributed by atoms with Gasteiger partial charge in [-0.1, -0.05) is 16.8 Å². The summed E-state index contributed by atoms with van der Waals surface area (Å²) >= 11 is 5.96. The van der Waals surface area contributed by atoms with Gasteiger partial charge in [0.15, 0.2) is 5.84 Å². The van der Waals surface area contributed by atoms with Crippen LogP contribution in [-0.2, 0) is 4.74 Å². The lowest BCUT2D eigenvalue weighted by molar-refractivity contribution is 0.110. The van der Waals surface area contributed by atoms with E-state index in [0.29, 0.717) is 36.2 Å². The zero-order valence-electron chi connectivity index (χ0n) is 9.52. The van der Waals surface area contributed by atoms with Crippen molar-refractivity contribution in [2.24, 2.45) is 10.9 Å². The van der Waals surface area contributed by atoms with E-state index >= 15 is 0 Å². The van der Waals surface area contributed by atoms with Crippen LogP contribution in [-0.4, -0.2) is 30.9 Å². The number of hydrogen-bond acceptors (Lipinski definition) is 4. The summed E-state index contributed by atoms with van der Waals surface area (Å²) in [6, 6.07) is 4.94. The molecular formula is C11H15ClN2O3. The van der Waals surface area contributed by atoms with Crippen LogP contribution in [0.3, 0.4) is 0 Å². The van der Waals surface area contributed by atoms with Crippen LogP contribution < -0.4 is 10.5 Å². The molecule has 0 bridgehead atoms. The van der Waals surface area contributed by atoms with E-state index in [1.807, 2.05) is 6.92 Å². The Kier molecular flexibility index (Phi) is 5.59. The molecule has 0 saturated heterocycles. The Morgan fingerprint density at radius 1 is 1.47 bits per heavy atom. The number of hydrogen-bond donors (Lipinski definition) is 2. The summed E-state index contributed by atoms with van der Waals surface area (Å²) in [5.74, 6) is 0.583. The van der Waals surface area contributed by atoms with Gasteiger partial charge >= 0.3 is 0 Å². The maximum Gasteiger partial charge on any atom is 0.171 e. The van der Waals surface area contributed by atoms with Crippen molar-refractivity contribution < 1.29 is 14.7 Å². The van der Waals surface area contributed by atoms with E-state index in [1.165, 1.54) is 0 Å². The van der Waals surface area contributed by atoms with Crippen molar-refractivity contribution in [1.29, 1.82) is 0 Å². The molecule has 6 heteroatoms. The third-order valence-electron chi connectivity index (χ3n) is 2.02. The van der Waals surface area contributed by atoms with Gasteiger partial charge in [0, 0.05) is 12.2 Å². The minimum absolute atomic E-state index is 0.0316. The lowest BCUT2D eigenvalue weighted by atomic mass is 10.2. The first-order chi connectivity index (χ1) is 8.19. The zero-order valence-corrected chi connectivity index (χ0v) is 10.3. The number of amidine groups is 1. The van der Waals surface area contributed by atoms with Crippen LogP contribution in [0.25, 0.3) is 0 Å². The second-order valence-electron chi connectivity index (χ2n) is 3.17. The second kappa shape index (κ2) is 6.98. The SMILES string of the molecule is CCOCCOc1ccc(C(N)=NO)c(Cl)c1. The van der Waals surface area contributed by atoms with E-state index in [-0.39, 0.29) is 5.84 Å².